The number of hydrogen-bond acceptors (Lipinski definition) is 6. The van der Waals surface area contributed by atoms with Gasteiger partial charge in [0, 0.05) is 43.5 Å². The molecule has 0 spiro atoms. The van der Waals surface area contributed by atoms with Crippen LogP contribution in [0.15, 0.2) is 66.9 Å². The molecule has 1 amide bonds. The predicted octanol–water partition coefficient (Wildman–Crippen LogP) is 4.39. The fraction of sp³-hybridized carbons (Fsp3) is 0.367. The third kappa shape index (κ3) is 6.57. The zero-order valence-electron chi connectivity index (χ0n) is 21.9. The lowest BCUT2D eigenvalue weighted by Gasteiger charge is -2.26. The van der Waals surface area contributed by atoms with Crippen LogP contribution in [0.25, 0.3) is 27.8 Å². The Bertz CT molecular complexity index is 1350. The molecular formula is C30H35N5O3. The first-order valence-corrected chi connectivity index (χ1v) is 13.4. The maximum atomic E-state index is 12.1. The number of ether oxygens (including phenoxy) is 2. The van der Waals surface area contributed by atoms with Crippen LogP contribution in [0.1, 0.15) is 25.0 Å². The Morgan fingerprint density at radius 2 is 1.89 bits per heavy atom. The molecule has 0 bridgehead atoms. The van der Waals surface area contributed by atoms with Gasteiger partial charge in [0.1, 0.15) is 5.75 Å². The van der Waals surface area contributed by atoms with E-state index in [1.807, 2.05) is 65.5 Å². The van der Waals surface area contributed by atoms with E-state index in [4.69, 9.17) is 14.5 Å². The van der Waals surface area contributed by atoms with Crippen LogP contribution in [0.4, 0.5) is 0 Å². The topological polar surface area (TPSA) is 81.5 Å². The highest BCUT2D eigenvalue weighted by Crippen LogP contribution is 2.27. The lowest BCUT2D eigenvalue weighted by atomic mass is 10.1. The second-order valence-electron chi connectivity index (χ2n) is 9.55. The van der Waals surface area contributed by atoms with Crippen molar-refractivity contribution < 1.29 is 14.3 Å². The van der Waals surface area contributed by atoms with Crippen LogP contribution in [0.2, 0.25) is 0 Å². The Morgan fingerprint density at radius 3 is 2.74 bits per heavy atom. The van der Waals surface area contributed by atoms with Crippen molar-refractivity contribution in [2.24, 2.45) is 0 Å². The van der Waals surface area contributed by atoms with Crippen molar-refractivity contribution in [3.05, 3.63) is 72.6 Å². The molecule has 2 aromatic carbocycles. The standard InChI is InChI=1S/C30H35N5O3/c1-23-27(22-32-35(23)25-7-3-2-4-8-25)29-12-10-24-21-26(11-13-28(24)33-29)38-18-6-5-9-30(36)31-14-15-34-16-19-37-20-17-34/h2-4,7-8,10-13,21-22H,5-6,9,14-20H2,1H3,(H,31,36). The maximum Gasteiger partial charge on any atom is 0.220 e. The Labute approximate surface area is 223 Å². The molecule has 1 aliphatic heterocycles. The summed E-state index contributed by atoms with van der Waals surface area (Å²) in [6.45, 7) is 7.67. The molecule has 1 N–H and O–H groups in total. The molecule has 4 aromatic rings. The minimum Gasteiger partial charge on any atom is -0.494 e. The quantitative estimate of drug-likeness (QED) is 0.300. The van der Waals surface area contributed by atoms with Gasteiger partial charge in [-0.1, -0.05) is 24.3 Å². The van der Waals surface area contributed by atoms with Gasteiger partial charge in [0.25, 0.3) is 0 Å². The average Bonchev–Trinajstić information content (AvgIpc) is 3.34. The van der Waals surface area contributed by atoms with E-state index >= 15 is 0 Å². The van der Waals surface area contributed by atoms with Crippen molar-refractivity contribution >= 4 is 16.8 Å². The Morgan fingerprint density at radius 1 is 1.05 bits per heavy atom. The number of nitrogens with zero attached hydrogens (tertiary/aromatic N) is 4. The summed E-state index contributed by atoms with van der Waals surface area (Å²) in [6.07, 6.45) is 4.03. The van der Waals surface area contributed by atoms with Crippen molar-refractivity contribution in [2.75, 3.05) is 46.0 Å². The van der Waals surface area contributed by atoms with E-state index in [1.54, 1.807) is 0 Å². The number of rotatable bonds is 11. The summed E-state index contributed by atoms with van der Waals surface area (Å²) in [6, 6.07) is 20.2. The summed E-state index contributed by atoms with van der Waals surface area (Å²) in [5, 5.41) is 8.62. The average molecular weight is 514 g/mol. The molecule has 0 atom stereocenters. The van der Waals surface area contributed by atoms with E-state index in [0.717, 1.165) is 85.0 Å². The number of hydrogen-bond donors (Lipinski definition) is 1. The van der Waals surface area contributed by atoms with E-state index in [2.05, 4.69) is 28.3 Å². The number of aromatic nitrogens is 3. The second-order valence-corrected chi connectivity index (χ2v) is 9.55. The molecule has 8 nitrogen and oxygen atoms in total. The van der Waals surface area contributed by atoms with Gasteiger partial charge in [-0.25, -0.2) is 9.67 Å². The minimum atomic E-state index is 0.107. The van der Waals surface area contributed by atoms with Gasteiger partial charge in [0.05, 0.1) is 48.6 Å². The molecule has 0 radical (unpaired) electrons. The van der Waals surface area contributed by atoms with Crippen LogP contribution in [0.3, 0.4) is 0 Å². The summed E-state index contributed by atoms with van der Waals surface area (Å²) in [7, 11) is 0. The zero-order valence-corrected chi connectivity index (χ0v) is 21.9. The van der Waals surface area contributed by atoms with Crippen LogP contribution in [0, 0.1) is 6.92 Å². The molecule has 3 heterocycles. The number of fused-ring (bicyclic) bond motifs is 1. The number of morpholine rings is 1. The first-order valence-electron chi connectivity index (χ1n) is 13.4. The lowest BCUT2D eigenvalue weighted by molar-refractivity contribution is -0.121. The highest BCUT2D eigenvalue weighted by molar-refractivity contribution is 5.83. The van der Waals surface area contributed by atoms with Crippen molar-refractivity contribution in [1.29, 1.82) is 0 Å². The summed E-state index contributed by atoms with van der Waals surface area (Å²) in [5.41, 5.74) is 4.91. The number of para-hydroxylation sites is 1. The molecule has 5 rings (SSSR count). The molecule has 1 saturated heterocycles. The predicted molar refractivity (Wildman–Crippen MR) is 149 cm³/mol. The molecule has 2 aromatic heterocycles. The van der Waals surface area contributed by atoms with Gasteiger partial charge in [-0.05, 0) is 56.2 Å². The Hall–Kier alpha value is -3.75. The van der Waals surface area contributed by atoms with Crippen molar-refractivity contribution in [1.82, 2.24) is 25.0 Å². The third-order valence-corrected chi connectivity index (χ3v) is 6.87. The van der Waals surface area contributed by atoms with Crippen molar-refractivity contribution in [2.45, 2.75) is 26.2 Å². The largest absolute Gasteiger partial charge is 0.494 e. The van der Waals surface area contributed by atoms with E-state index < -0.39 is 0 Å². The number of unbranched alkanes of at least 4 members (excludes halogenated alkanes) is 1. The van der Waals surface area contributed by atoms with Crippen molar-refractivity contribution in [3.63, 3.8) is 0 Å². The maximum absolute atomic E-state index is 12.1. The van der Waals surface area contributed by atoms with Gasteiger partial charge >= 0.3 is 0 Å². The summed E-state index contributed by atoms with van der Waals surface area (Å²) in [4.78, 5) is 19.3. The number of amides is 1. The van der Waals surface area contributed by atoms with Gasteiger partial charge in [0.15, 0.2) is 0 Å². The molecule has 198 valence electrons. The van der Waals surface area contributed by atoms with Gasteiger partial charge in [-0.3, -0.25) is 9.69 Å². The van der Waals surface area contributed by atoms with Gasteiger partial charge in [0.2, 0.25) is 5.91 Å². The van der Waals surface area contributed by atoms with Gasteiger partial charge in [-0.15, -0.1) is 0 Å². The SMILES string of the molecule is Cc1c(-c2ccc3cc(OCCCCC(=O)NCCN4CCOCC4)ccc3n2)cnn1-c1ccccc1. The zero-order chi connectivity index (χ0) is 26.2. The molecule has 1 fully saturated rings. The number of benzene rings is 2. The second kappa shape index (κ2) is 12.7. The minimum absolute atomic E-state index is 0.107. The lowest BCUT2D eigenvalue weighted by Crippen LogP contribution is -2.41. The molecule has 8 heteroatoms. The van der Waals surface area contributed by atoms with Crippen LogP contribution in [0.5, 0.6) is 5.75 Å². The summed E-state index contributed by atoms with van der Waals surface area (Å²) >= 11 is 0. The highest BCUT2D eigenvalue weighted by atomic mass is 16.5. The molecule has 0 aliphatic carbocycles. The molecular weight excluding hydrogens is 478 g/mol. The fourth-order valence-corrected chi connectivity index (χ4v) is 4.68. The van der Waals surface area contributed by atoms with Crippen LogP contribution in [-0.4, -0.2) is 71.6 Å². The third-order valence-electron chi connectivity index (χ3n) is 6.87. The van der Waals surface area contributed by atoms with Crippen LogP contribution >= 0.6 is 0 Å². The molecule has 0 unspecified atom stereocenters. The Kier molecular flexibility index (Phi) is 8.63. The number of nitrogens with one attached hydrogen (secondary N) is 1. The van der Waals surface area contributed by atoms with Crippen LogP contribution in [-0.2, 0) is 9.53 Å². The molecule has 0 saturated carbocycles. The fourth-order valence-electron chi connectivity index (χ4n) is 4.68. The monoisotopic (exact) mass is 513 g/mol. The molecule has 38 heavy (non-hydrogen) atoms. The highest BCUT2D eigenvalue weighted by Gasteiger charge is 2.12. The van der Waals surface area contributed by atoms with Gasteiger partial charge in [-0.2, -0.15) is 5.10 Å². The van der Waals surface area contributed by atoms with E-state index in [0.29, 0.717) is 19.6 Å². The normalized spacial score (nSPS) is 14.0. The first-order chi connectivity index (χ1) is 18.7. The van der Waals surface area contributed by atoms with E-state index in [9.17, 15) is 4.79 Å². The Balaban J connectivity index is 1.08. The smallest absolute Gasteiger partial charge is 0.220 e. The van der Waals surface area contributed by atoms with Crippen LogP contribution < -0.4 is 10.1 Å². The number of carbonyl (C=O) groups excluding carboxylic acids is 1. The summed E-state index contributed by atoms with van der Waals surface area (Å²) < 4.78 is 13.2. The first kappa shape index (κ1) is 25.9. The van der Waals surface area contributed by atoms with E-state index in [1.165, 1.54) is 0 Å². The molecule has 1 aliphatic rings. The summed E-state index contributed by atoms with van der Waals surface area (Å²) in [5.74, 6) is 0.922. The number of carbonyl (C=O) groups is 1. The van der Waals surface area contributed by atoms with Gasteiger partial charge < -0.3 is 14.8 Å². The van der Waals surface area contributed by atoms with Crippen molar-refractivity contribution in [3.8, 4) is 22.7 Å². The number of pyridine rings is 1. The van der Waals surface area contributed by atoms with E-state index in [-0.39, 0.29) is 5.91 Å².